The zero-order chi connectivity index (χ0) is 11.5. The SMILES string of the molecule is CCc1ccc2cc(CCN)cc(O)c2c1. The maximum atomic E-state index is 9.96. The van der Waals surface area contributed by atoms with Gasteiger partial charge in [-0.15, -0.1) is 0 Å². The molecule has 0 amide bonds. The van der Waals surface area contributed by atoms with E-state index in [1.807, 2.05) is 6.07 Å². The predicted octanol–water partition coefficient (Wildman–Crippen LogP) is 2.61. The second-order valence-corrected chi connectivity index (χ2v) is 4.06. The molecular weight excluding hydrogens is 198 g/mol. The second kappa shape index (κ2) is 4.54. The Morgan fingerprint density at radius 3 is 2.62 bits per heavy atom. The minimum atomic E-state index is 0.358. The molecule has 0 atom stereocenters. The Morgan fingerprint density at radius 2 is 1.94 bits per heavy atom. The van der Waals surface area contributed by atoms with Gasteiger partial charge in [-0.1, -0.05) is 25.1 Å². The topological polar surface area (TPSA) is 46.2 Å². The van der Waals surface area contributed by atoms with Gasteiger partial charge in [0.2, 0.25) is 0 Å². The first-order valence-corrected chi connectivity index (χ1v) is 5.69. The molecule has 0 aliphatic heterocycles. The number of phenols is 1. The fraction of sp³-hybridized carbons (Fsp3) is 0.286. The summed E-state index contributed by atoms with van der Waals surface area (Å²) in [6.07, 6.45) is 1.79. The van der Waals surface area contributed by atoms with E-state index in [9.17, 15) is 5.11 Å². The number of rotatable bonds is 3. The Hall–Kier alpha value is -1.54. The number of aryl methyl sites for hydroxylation is 1. The fourth-order valence-electron chi connectivity index (χ4n) is 1.98. The van der Waals surface area contributed by atoms with Crippen LogP contribution in [0.15, 0.2) is 30.3 Å². The van der Waals surface area contributed by atoms with Crippen LogP contribution in [0.5, 0.6) is 5.75 Å². The van der Waals surface area contributed by atoms with E-state index in [1.165, 1.54) is 5.56 Å². The maximum Gasteiger partial charge on any atom is 0.123 e. The molecule has 2 nitrogen and oxygen atoms in total. The molecule has 0 saturated heterocycles. The zero-order valence-corrected chi connectivity index (χ0v) is 9.53. The molecule has 16 heavy (non-hydrogen) atoms. The van der Waals surface area contributed by atoms with Gasteiger partial charge in [0, 0.05) is 5.39 Å². The van der Waals surface area contributed by atoms with Gasteiger partial charge in [-0.25, -0.2) is 0 Å². The normalized spacial score (nSPS) is 10.9. The van der Waals surface area contributed by atoms with E-state index in [1.54, 1.807) is 0 Å². The summed E-state index contributed by atoms with van der Waals surface area (Å²) >= 11 is 0. The number of aromatic hydroxyl groups is 1. The van der Waals surface area contributed by atoms with Gasteiger partial charge < -0.3 is 10.8 Å². The molecule has 0 aliphatic carbocycles. The number of nitrogens with two attached hydrogens (primary N) is 1. The maximum absolute atomic E-state index is 9.96. The van der Waals surface area contributed by atoms with Crippen LogP contribution in [0, 0.1) is 0 Å². The van der Waals surface area contributed by atoms with E-state index in [0.29, 0.717) is 12.3 Å². The second-order valence-electron chi connectivity index (χ2n) is 4.06. The van der Waals surface area contributed by atoms with Crippen molar-refractivity contribution in [2.75, 3.05) is 6.54 Å². The highest BCUT2D eigenvalue weighted by molar-refractivity contribution is 5.89. The van der Waals surface area contributed by atoms with E-state index >= 15 is 0 Å². The lowest BCUT2D eigenvalue weighted by Gasteiger charge is -2.07. The molecule has 2 rings (SSSR count). The first-order chi connectivity index (χ1) is 7.74. The third-order valence-corrected chi connectivity index (χ3v) is 2.90. The van der Waals surface area contributed by atoms with Crippen LogP contribution in [-0.2, 0) is 12.8 Å². The van der Waals surface area contributed by atoms with Crippen LogP contribution in [0.2, 0.25) is 0 Å². The Morgan fingerprint density at radius 1 is 1.12 bits per heavy atom. The standard InChI is InChI=1S/C14H17NO/c1-2-10-3-4-12-7-11(5-6-15)9-14(16)13(12)8-10/h3-4,7-9,16H,2,5-6,15H2,1H3. The number of fused-ring (bicyclic) bond motifs is 1. The average molecular weight is 215 g/mol. The predicted molar refractivity (Wildman–Crippen MR) is 67.7 cm³/mol. The van der Waals surface area contributed by atoms with Gasteiger partial charge in [0.1, 0.15) is 5.75 Å². The molecule has 0 aliphatic rings. The van der Waals surface area contributed by atoms with Crippen LogP contribution >= 0.6 is 0 Å². The quantitative estimate of drug-likeness (QED) is 0.826. The van der Waals surface area contributed by atoms with Gasteiger partial charge in [-0.05, 0) is 48.0 Å². The van der Waals surface area contributed by atoms with Gasteiger partial charge in [0.05, 0.1) is 0 Å². The van der Waals surface area contributed by atoms with Crippen molar-refractivity contribution >= 4 is 10.8 Å². The Labute approximate surface area is 95.7 Å². The van der Waals surface area contributed by atoms with Crippen molar-refractivity contribution in [3.8, 4) is 5.75 Å². The highest BCUT2D eigenvalue weighted by Gasteiger charge is 2.03. The Balaban J connectivity index is 2.57. The molecular formula is C14H17NO. The van der Waals surface area contributed by atoms with Crippen LogP contribution < -0.4 is 5.73 Å². The van der Waals surface area contributed by atoms with Crippen LogP contribution in [0.4, 0.5) is 0 Å². The van der Waals surface area contributed by atoms with Crippen molar-refractivity contribution in [2.45, 2.75) is 19.8 Å². The van der Waals surface area contributed by atoms with E-state index in [0.717, 1.165) is 29.2 Å². The van der Waals surface area contributed by atoms with Crippen molar-refractivity contribution < 1.29 is 5.11 Å². The van der Waals surface area contributed by atoms with Crippen LogP contribution in [0.1, 0.15) is 18.1 Å². The minimum absolute atomic E-state index is 0.358. The van der Waals surface area contributed by atoms with Crippen molar-refractivity contribution in [3.63, 3.8) is 0 Å². The van der Waals surface area contributed by atoms with Crippen molar-refractivity contribution in [1.29, 1.82) is 0 Å². The first-order valence-electron chi connectivity index (χ1n) is 5.69. The van der Waals surface area contributed by atoms with Crippen LogP contribution in [-0.4, -0.2) is 11.7 Å². The molecule has 2 aromatic rings. The zero-order valence-electron chi connectivity index (χ0n) is 9.53. The molecule has 0 unspecified atom stereocenters. The lowest BCUT2D eigenvalue weighted by Crippen LogP contribution is -2.02. The average Bonchev–Trinajstić information content (AvgIpc) is 2.29. The number of phenolic OH excluding ortho intramolecular Hbond substituents is 1. The molecule has 0 heterocycles. The van der Waals surface area contributed by atoms with Gasteiger partial charge in [-0.3, -0.25) is 0 Å². The Kier molecular flexibility index (Phi) is 3.11. The van der Waals surface area contributed by atoms with Crippen molar-refractivity contribution in [3.05, 3.63) is 41.5 Å². The van der Waals surface area contributed by atoms with Gasteiger partial charge in [-0.2, -0.15) is 0 Å². The molecule has 84 valence electrons. The van der Waals surface area contributed by atoms with Gasteiger partial charge in [0.25, 0.3) is 0 Å². The van der Waals surface area contributed by atoms with E-state index in [2.05, 4.69) is 31.2 Å². The monoisotopic (exact) mass is 215 g/mol. The Bertz CT molecular complexity index is 505. The number of benzene rings is 2. The van der Waals surface area contributed by atoms with Crippen molar-refractivity contribution in [1.82, 2.24) is 0 Å². The minimum Gasteiger partial charge on any atom is -0.507 e. The summed E-state index contributed by atoms with van der Waals surface area (Å²) in [5, 5.41) is 12.0. The summed E-state index contributed by atoms with van der Waals surface area (Å²) < 4.78 is 0. The first kappa shape index (κ1) is 11.0. The fourth-order valence-corrected chi connectivity index (χ4v) is 1.98. The van der Waals surface area contributed by atoms with Crippen LogP contribution in [0.3, 0.4) is 0 Å². The summed E-state index contributed by atoms with van der Waals surface area (Å²) in [7, 11) is 0. The summed E-state index contributed by atoms with van der Waals surface area (Å²) in [5.74, 6) is 0.358. The molecule has 0 fully saturated rings. The third-order valence-electron chi connectivity index (χ3n) is 2.90. The van der Waals surface area contributed by atoms with E-state index in [-0.39, 0.29) is 0 Å². The molecule has 3 N–H and O–H groups in total. The van der Waals surface area contributed by atoms with Crippen LogP contribution in [0.25, 0.3) is 10.8 Å². The summed E-state index contributed by atoms with van der Waals surface area (Å²) in [6, 6.07) is 10.1. The molecule has 2 heteroatoms. The van der Waals surface area contributed by atoms with Gasteiger partial charge in [0.15, 0.2) is 0 Å². The lowest BCUT2D eigenvalue weighted by molar-refractivity contribution is 0.481. The highest BCUT2D eigenvalue weighted by atomic mass is 16.3. The molecule has 0 saturated carbocycles. The highest BCUT2D eigenvalue weighted by Crippen LogP contribution is 2.27. The molecule has 0 radical (unpaired) electrons. The third kappa shape index (κ3) is 2.02. The summed E-state index contributed by atoms with van der Waals surface area (Å²) in [4.78, 5) is 0. The molecule has 0 bridgehead atoms. The molecule has 0 spiro atoms. The number of hydrogen-bond acceptors (Lipinski definition) is 2. The van der Waals surface area contributed by atoms with E-state index in [4.69, 9.17) is 5.73 Å². The van der Waals surface area contributed by atoms with Crippen molar-refractivity contribution in [2.24, 2.45) is 5.73 Å². The smallest absolute Gasteiger partial charge is 0.123 e. The summed E-state index contributed by atoms with van der Waals surface area (Å²) in [5.41, 5.74) is 7.86. The largest absolute Gasteiger partial charge is 0.507 e. The molecule has 2 aromatic carbocycles. The lowest BCUT2D eigenvalue weighted by atomic mass is 10.0. The van der Waals surface area contributed by atoms with Gasteiger partial charge >= 0.3 is 0 Å². The molecule has 0 aromatic heterocycles. The van der Waals surface area contributed by atoms with E-state index < -0.39 is 0 Å². The summed E-state index contributed by atoms with van der Waals surface area (Å²) in [6.45, 7) is 2.72. The number of hydrogen-bond donors (Lipinski definition) is 2.